The molecule has 0 fully saturated rings. The van der Waals surface area contributed by atoms with Crippen molar-refractivity contribution in [3.8, 4) is 17.1 Å². The van der Waals surface area contributed by atoms with Crippen LogP contribution >= 0.6 is 22.6 Å². The lowest BCUT2D eigenvalue weighted by Crippen LogP contribution is -2.04. The van der Waals surface area contributed by atoms with E-state index in [1.54, 1.807) is 10.9 Å². The lowest BCUT2D eigenvalue weighted by Gasteiger charge is -2.06. The average molecular weight is 391 g/mol. The number of nitrogens with zero attached hydrogens (tertiary/aromatic N) is 4. The van der Waals surface area contributed by atoms with E-state index in [1.807, 2.05) is 36.5 Å². The predicted octanol–water partition coefficient (Wildman–Crippen LogP) is 3.08. The van der Waals surface area contributed by atoms with Gasteiger partial charge in [-0.25, -0.2) is 14.6 Å². The Morgan fingerprint density at radius 2 is 1.95 bits per heavy atom. The van der Waals surface area contributed by atoms with E-state index in [2.05, 4.69) is 44.6 Å². The molecule has 0 unspecified atom stereocenters. The first-order valence-corrected chi connectivity index (χ1v) is 7.69. The zero-order valence-corrected chi connectivity index (χ0v) is 13.7. The number of anilines is 1. The van der Waals surface area contributed by atoms with Crippen LogP contribution in [0.25, 0.3) is 17.1 Å². The molecule has 3 rings (SSSR count). The molecule has 0 aliphatic heterocycles. The highest BCUT2D eigenvalue weighted by Gasteiger charge is 2.12. The Morgan fingerprint density at radius 3 is 2.67 bits per heavy atom. The summed E-state index contributed by atoms with van der Waals surface area (Å²) in [6.07, 6.45) is 4.50. The van der Waals surface area contributed by atoms with Crippen LogP contribution in [0.15, 0.2) is 42.7 Å². The Labute approximate surface area is 136 Å². The van der Waals surface area contributed by atoms with Crippen molar-refractivity contribution in [2.45, 2.75) is 13.3 Å². The number of hydrogen-bond donors (Lipinski definition) is 1. The van der Waals surface area contributed by atoms with Crippen LogP contribution in [0.4, 0.5) is 5.82 Å². The Morgan fingerprint density at radius 1 is 1.19 bits per heavy atom. The van der Waals surface area contributed by atoms with E-state index in [4.69, 9.17) is 5.73 Å². The van der Waals surface area contributed by atoms with Crippen LogP contribution in [0.5, 0.6) is 0 Å². The molecule has 2 heterocycles. The Bertz CT molecular complexity index is 767. The number of nitrogen functional groups attached to an aromatic ring is 1. The van der Waals surface area contributed by atoms with Crippen LogP contribution in [0, 0.1) is 3.57 Å². The molecule has 5 nitrogen and oxygen atoms in total. The number of aromatic nitrogens is 4. The number of rotatable bonds is 3. The maximum atomic E-state index is 5.97. The van der Waals surface area contributed by atoms with Gasteiger partial charge in [0.05, 0.1) is 26.7 Å². The van der Waals surface area contributed by atoms with E-state index in [0.29, 0.717) is 11.6 Å². The standard InChI is InChI=1S/C15H14IN5/c1-2-12-13(16)14(17)20-15(19-12)10-8-18-21(9-10)11-6-4-3-5-7-11/h3-9H,2H2,1H3,(H2,17,19,20). The first-order chi connectivity index (χ1) is 10.2. The topological polar surface area (TPSA) is 69.6 Å². The number of aryl methyl sites for hydroxylation is 1. The van der Waals surface area contributed by atoms with Gasteiger partial charge in [0.1, 0.15) is 5.82 Å². The molecule has 0 saturated heterocycles. The second kappa shape index (κ2) is 5.80. The molecular weight excluding hydrogens is 377 g/mol. The van der Waals surface area contributed by atoms with Crippen LogP contribution in [-0.2, 0) is 6.42 Å². The quantitative estimate of drug-likeness (QED) is 0.697. The third kappa shape index (κ3) is 2.76. The van der Waals surface area contributed by atoms with Crippen LogP contribution in [-0.4, -0.2) is 19.7 Å². The summed E-state index contributed by atoms with van der Waals surface area (Å²) in [5, 5.41) is 4.36. The van der Waals surface area contributed by atoms with Crippen LogP contribution < -0.4 is 5.73 Å². The van der Waals surface area contributed by atoms with Crippen molar-refractivity contribution in [2.24, 2.45) is 0 Å². The van der Waals surface area contributed by atoms with Crippen LogP contribution in [0.2, 0.25) is 0 Å². The van der Waals surface area contributed by atoms with Crippen molar-refractivity contribution < 1.29 is 0 Å². The van der Waals surface area contributed by atoms with E-state index in [0.717, 1.165) is 26.9 Å². The van der Waals surface area contributed by atoms with Crippen molar-refractivity contribution in [3.63, 3.8) is 0 Å². The van der Waals surface area contributed by atoms with Crippen molar-refractivity contribution >= 4 is 28.4 Å². The number of halogens is 1. The highest BCUT2D eigenvalue weighted by atomic mass is 127. The average Bonchev–Trinajstić information content (AvgIpc) is 3.00. The molecule has 0 radical (unpaired) electrons. The van der Waals surface area contributed by atoms with Gasteiger partial charge in [-0.05, 0) is 41.1 Å². The summed E-state index contributed by atoms with van der Waals surface area (Å²) in [6, 6.07) is 9.93. The maximum absolute atomic E-state index is 5.97. The first kappa shape index (κ1) is 14.0. The van der Waals surface area contributed by atoms with Gasteiger partial charge >= 0.3 is 0 Å². The molecule has 3 aromatic rings. The largest absolute Gasteiger partial charge is 0.383 e. The SMILES string of the molecule is CCc1nc(-c2cnn(-c3ccccc3)c2)nc(N)c1I. The zero-order valence-electron chi connectivity index (χ0n) is 11.5. The number of nitrogens with two attached hydrogens (primary N) is 1. The minimum absolute atomic E-state index is 0.518. The molecule has 0 aliphatic rings. The monoisotopic (exact) mass is 391 g/mol. The number of benzene rings is 1. The van der Waals surface area contributed by atoms with Gasteiger partial charge in [-0.1, -0.05) is 25.1 Å². The number of para-hydroxylation sites is 1. The van der Waals surface area contributed by atoms with Gasteiger partial charge in [-0.15, -0.1) is 0 Å². The molecule has 6 heteroatoms. The molecule has 2 N–H and O–H groups in total. The zero-order chi connectivity index (χ0) is 14.8. The van der Waals surface area contributed by atoms with Gasteiger partial charge in [0, 0.05) is 6.20 Å². The summed E-state index contributed by atoms with van der Waals surface area (Å²) in [5.74, 6) is 1.14. The molecule has 0 atom stereocenters. The van der Waals surface area contributed by atoms with Gasteiger partial charge in [0.2, 0.25) is 0 Å². The van der Waals surface area contributed by atoms with E-state index in [1.165, 1.54) is 0 Å². The summed E-state index contributed by atoms with van der Waals surface area (Å²) in [5.41, 5.74) is 8.79. The molecule has 0 aliphatic carbocycles. The van der Waals surface area contributed by atoms with Gasteiger partial charge in [0.15, 0.2) is 5.82 Å². The van der Waals surface area contributed by atoms with Crippen molar-refractivity contribution in [2.75, 3.05) is 5.73 Å². The molecule has 0 bridgehead atoms. The van der Waals surface area contributed by atoms with E-state index >= 15 is 0 Å². The minimum atomic E-state index is 0.518. The summed E-state index contributed by atoms with van der Waals surface area (Å²) in [4.78, 5) is 8.94. The van der Waals surface area contributed by atoms with E-state index in [-0.39, 0.29) is 0 Å². The second-order valence-electron chi connectivity index (χ2n) is 4.56. The third-order valence-electron chi connectivity index (χ3n) is 3.14. The van der Waals surface area contributed by atoms with Gasteiger partial charge in [0.25, 0.3) is 0 Å². The normalized spacial score (nSPS) is 10.8. The molecule has 0 spiro atoms. The second-order valence-corrected chi connectivity index (χ2v) is 5.63. The van der Waals surface area contributed by atoms with Crippen molar-refractivity contribution in [1.29, 1.82) is 0 Å². The van der Waals surface area contributed by atoms with Gasteiger partial charge < -0.3 is 5.73 Å². The lowest BCUT2D eigenvalue weighted by molar-refractivity contribution is 0.880. The smallest absolute Gasteiger partial charge is 0.165 e. The molecule has 106 valence electrons. The molecular formula is C15H14IN5. The number of hydrogen-bond acceptors (Lipinski definition) is 4. The van der Waals surface area contributed by atoms with Crippen LogP contribution in [0.3, 0.4) is 0 Å². The van der Waals surface area contributed by atoms with Crippen molar-refractivity contribution in [1.82, 2.24) is 19.7 Å². The molecule has 1 aromatic carbocycles. The molecule has 21 heavy (non-hydrogen) atoms. The first-order valence-electron chi connectivity index (χ1n) is 6.61. The molecule has 0 amide bonds. The van der Waals surface area contributed by atoms with Crippen LogP contribution in [0.1, 0.15) is 12.6 Å². The Kier molecular flexibility index (Phi) is 3.87. The Balaban J connectivity index is 2.03. The highest BCUT2D eigenvalue weighted by Crippen LogP contribution is 2.22. The van der Waals surface area contributed by atoms with Gasteiger partial charge in [-0.2, -0.15) is 5.10 Å². The van der Waals surface area contributed by atoms with E-state index < -0.39 is 0 Å². The Hall–Kier alpha value is -1.96. The predicted molar refractivity (Wildman–Crippen MR) is 91.1 cm³/mol. The van der Waals surface area contributed by atoms with Gasteiger partial charge in [-0.3, -0.25) is 0 Å². The maximum Gasteiger partial charge on any atom is 0.165 e. The van der Waals surface area contributed by atoms with E-state index in [9.17, 15) is 0 Å². The minimum Gasteiger partial charge on any atom is -0.383 e. The molecule has 2 aromatic heterocycles. The lowest BCUT2D eigenvalue weighted by atomic mass is 10.2. The molecule has 0 saturated carbocycles. The third-order valence-corrected chi connectivity index (χ3v) is 4.32. The summed E-state index contributed by atoms with van der Waals surface area (Å²) < 4.78 is 2.73. The summed E-state index contributed by atoms with van der Waals surface area (Å²) >= 11 is 2.18. The fourth-order valence-corrected chi connectivity index (χ4v) is 2.66. The summed E-state index contributed by atoms with van der Waals surface area (Å²) in [6.45, 7) is 2.06. The fourth-order valence-electron chi connectivity index (χ4n) is 2.04. The summed E-state index contributed by atoms with van der Waals surface area (Å²) in [7, 11) is 0. The van der Waals surface area contributed by atoms with Crippen molar-refractivity contribution in [3.05, 3.63) is 52.0 Å². The fraction of sp³-hybridized carbons (Fsp3) is 0.133. The highest BCUT2D eigenvalue weighted by molar-refractivity contribution is 14.1.